The molecule has 0 aliphatic carbocycles. The molecule has 0 fully saturated rings. The van der Waals surface area contributed by atoms with E-state index in [0.717, 1.165) is 29.7 Å². The van der Waals surface area contributed by atoms with Gasteiger partial charge in [-0.1, -0.05) is 6.07 Å². The highest BCUT2D eigenvalue weighted by atomic mass is 15.1. The lowest BCUT2D eigenvalue weighted by atomic mass is 10.1. The second kappa shape index (κ2) is 5.25. The maximum absolute atomic E-state index is 5.71. The van der Waals surface area contributed by atoms with Crippen LogP contribution in [0.2, 0.25) is 0 Å². The lowest BCUT2D eigenvalue weighted by Crippen LogP contribution is -2.20. The highest BCUT2D eigenvalue weighted by Gasteiger charge is 2.03. The van der Waals surface area contributed by atoms with Gasteiger partial charge in [0.1, 0.15) is 0 Å². The van der Waals surface area contributed by atoms with Crippen LogP contribution in [0.3, 0.4) is 0 Å². The standard InChI is InChI=1S/C16H18N4/c1-20(14-5-3-13(17)4-6-14)9-8-12-2-7-15-16(10-12)19-11-18-15/h2-7,10-11H,8-9,17H2,1H3,(H,18,19). The van der Waals surface area contributed by atoms with Crippen LogP contribution in [0.4, 0.5) is 11.4 Å². The van der Waals surface area contributed by atoms with Crippen LogP contribution in [-0.4, -0.2) is 23.6 Å². The lowest BCUT2D eigenvalue weighted by Gasteiger charge is -2.19. The highest BCUT2D eigenvalue weighted by molar-refractivity contribution is 5.75. The topological polar surface area (TPSA) is 57.9 Å². The molecule has 0 saturated carbocycles. The molecule has 0 atom stereocenters. The number of nitrogens with zero attached hydrogens (tertiary/aromatic N) is 2. The number of likely N-dealkylation sites (N-methyl/N-ethyl adjacent to an activating group) is 1. The SMILES string of the molecule is CN(CCc1ccc2nc[nH]c2c1)c1ccc(N)cc1. The fraction of sp³-hybridized carbons (Fsp3) is 0.188. The molecule has 3 aromatic rings. The van der Waals surface area contributed by atoms with Gasteiger partial charge < -0.3 is 15.6 Å². The highest BCUT2D eigenvalue weighted by Crippen LogP contribution is 2.16. The third-order valence-corrected chi connectivity index (χ3v) is 3.55. The molecule has 102 valence electrons. The van der Waals surface area contributed by atoms with E-state index in [-0.39, 0.29) is 0 Å². The van der Waals surface area contributed by atoms with Crippen molar-refractivity contribution in [3.8, 4) is 0 Å². The fourth-order valence-electron chi connectivity index (χ4n) is 2.29. The molecule has 0 aliphatic rings. The minimum Gasteiger partial charge on any atom is -0.399 e. The summed E-state index contributed by atoms with van der Waals surface area (Å²) in [6, 6.07) is 14.3. The number of fused-ring (bicyclic) bond motifs is 1. The molecule has 1 aromatic heterocycles. The first kappa shape index (κ1) is 12.5. The molecule has 20 heavy (non-hydrogen) atoms. The first-order chi connectivity index (χ1) is 9.72. The quantitative estimate of drug-likeness (QED) is 0.714. The van der Waals surface area contributed by atoms with Crippen molar-refractivity contribution in [2.24, 2.45) is 0 Å². The van der Waals surface area contributed by atoms with Crippen molar-refractivity contribution in [1.29, 1.82) is 0 Å². The smallest absolute Gasteiger partial charge is 0.0931 e. The summed E-state index contributed by atoms with van der Waals surface area (Å²) < 4.78 is 0. The average molecular weight is 266 g/mol. The van der Waals surface area contributed by atoms with Crippen molar-refractivity contribution in [1.82, 2.24) is 9.97 Å². The molecule has 1 heterocycles. The van der Waals surface area contributed by atoms with Gasteiger partial charge in [0.15, 0.2) is 0 Å². The van der Waals surface area contributed by atoms with Crippen molar-refractivity contribution in [2.75, 3.05) is 24.2 Å². The first-order valence-electron chi connectivity index (χ1n) is 6.71. The second-order valence-corrected chi connectivity index (χ2v) is 5.02. The Hall–Kier alpha value is -2.49. The third-order valence-electron chi connectivity index (χ3n) is 3.55. The Balaban J connectivity index is 1.67. The van der Waals surface area contributed by atoms with E-state index in [4.69, 9.17) is 5.73 Å². The first-order valence-corrected chi connectivity index (χ1v) is 6.71. The summed E-state index contributed by atoms with van der Waals surface area (Å²) in [6.07, 6.45) is 2.73. The largest absolute Gasteiger partial charge is 0.399 e. The van der Waals surface area contributed by atoms with Gasteiger partial charge in [0, 0.05) is 25.0 Å². The van der Waals surface area contributed by atoms with E-state index in [1.165, 1.54) is 11.3 Å². The van der Waals surface area contributed by atoms with Crippen LogP contribution >= 0.6 is 0 Å². The minimum atomic E-state index is 0.798. The number of rotatable bonds is 4. The van der Waals surface area contributed by atoms with Crippen LogP contribution in [0.1, 0.15) is 5.56 Å². The van der Waals surface area contributed by atoms with E-state index < -0.39 is 0 Å². The monoisotopic (exact) mass is 266 g/mol. The van der Waals surface area contributed by atoms with Gasteiger partial charge in [-0.3, -0.25) is 0 Å². The fourth-order valence-corrected chi connectivity index (χ4v) is 2.29. The predicted octanol–water partition coefficient (Wildman–Crippen LogP) is 2.82. The summed E-state index contributed by atoms with van der Waals surface area (Å²) in [6.45, 7) is 0.962. The number of nitrogens with two attached hydrogens (primary N) is 1. The van der Waals surface area contributed by atoms with Crippen LogP contribution in [0.25, 0.3) is 11.0 Å². The number of nitrogen functional groups attached to an aromatic ring is 1. The number of hydrogen-bond donors (Lipinski definition) is 2. The zero-order chi connectivity index (χ0) is 13.9. The number of benzene rings is 2. The number of aromatic nitrogens is 2. The number of aromatic amines is 1. The second-order valence-electron chi connectivity index (χ2n) is 5.02. The summed E-state index contributed by atoms with van der Waals surface area (Å²) in [4.78, 5) is 9.61. The van der Waals surface area contributed by atoms with Gasteiger partial charge in [-0.2, -0.15) is 0 Å². The summed E-state index contributed by atoms with van der Waals surface area (Å²) in [5.74, 6) is 0. The maximum Gasteiger partial charge on any atom is 0.0931 e. The molecule has 0 unspecified atom stereocenters. The van der Waals surface area contributed by atoms with Crippen molar-refractivity contribution in [3.05, 3.63) is 54.4 Å². The molecule has 0 saturated heterocycles. The Morgan fingerprint density at radius 1 is 1.15 bits per heavy atom. The summed E-state index contributed by atoms with van der Waals surface area (Å²) in [7, 11) is 2.10. The molecule has 0 spiro atoms. The van der Waals surface area contributed by atoms with E-state index in [1.807, 2.05) is 24.3 Å². The third kappa shape index (κ3) is 2.59. The van der Waals surface area contributed by atoms with Gasteiger partial charge >= 0.3 is 0 Å². The number of nitrogens with one attached hydrogen (secondary N) is 1. The van der Waals surface area contributed by atoms with Gasteiger partial charge in [-0.15, -0.1) is 0 Å². The van der Waals surface area contributed by atoms with Gasteiger partial charge in [0.25, 0.3) is 0 Å². The van der Waals surface area contributed by atoms with Gasteiger partial charge in [0.2, 0.25) is 0 Å². The van der Waals surface area contributed by atoms with Crippen molar-refractivity contribution < 1.29 is 0 Å². The normalized spacial score (nSPS) is 10.8. The Bertz CT molecular complexity index is 700. The van der Waals surface area contributed by atoms with Gasteiger partial charge in [-0.05, 0) is 48.4 Å². The van der Waals surface area contributed by atoms with E-state index in [1.54, 1.807) is 6.33 Å². The van der Waals surface area contributed by atoms with Crippen molar-refractivity contribution in [2.45, 2.75) is 6.42 Å². The minimum absolute atomic E-state index is 0.798. The molecular formula is C16H18N4. The number of H-pyrrole nitrogens is 1. The molecular weight excluding hydrogens is 248 g/mol. The van der Waals surface area contributed by atoms with Crippen LogP contribution in [0.5, 0.6) is 0 Å². The molecule has 0 bridgehead atoms. The van der Waals surface area contributed by atoms with Crippen LogP contribution in [0.15, 0.2) is 48.8 Å². The molecule has 3 N–H and O–H groups in total. The van der Waals surface area contributed by atoms with Crippen molar-refractivity contribution >= 4 is 22.4 Å². The Labute approximate surface area is 118 Å². The van der Waals surface area contributed by atoms with E-state index in [0.29, 0.717) is 0 Å². The molecule has 2 aromatic carbocycles. The average Bonchev–Trinajstić information content (AvgIpc) is 2.93. The van der Waals surface area contributed by atoms with Gasteiger partial charge in [-0.25, -0.2) is 4.98 Å². The van der Waals surface area contributed by atoms with Crippen LogP contribution in [-0.2, 0) is 6.42 Å². The molecule has 0 amide bonds. The predicted molar refractivity (Wildman–Crippen MR) is 83.9 cm³/mol. The Kier molecular flexibility index (Phi) is 3.29. The zero-order valence-corrected chi connectivity index (χ0v) is 11.5. The molecule has 4 nitrogen and oxygen atoms in total. The summed E-state index contributed by atoms with van der Waals surface area (Å²) in [5.41, 5.74) is 11.1. The van der Waals surface area contributed by atoms with Crippen molar-refractivity contribution in [3.63, 3.8) is 0 Å². The summed E-state index contributed by atoms with van der Waals surface area (Å²) in [5, 5.41) is 0. The number of anilines is 2. The molecule has 0 aliphatic heterocycles. The van der Waals surface area contributed by atoms with E-state index >= 15 is 0 Å². The van der Waals surface area contributed by atoms with E-state index in [2.05, 4.69) is 40.1 Å². The lowest BCUT2D eigenvalue weighted by molar-refractivity contribution is 0.878. The molecule has 3 rings (SSSR count). The number of imidazole rings is 1. The van der Waals surface area contributed by atoms with Crippen LogP contribution in [0, 0.1) is 0 Å². The molecule has 4 heteroatoms. The maximum atomic E-state index is 5.71. The van der Waals surface area contributed by atoms with E-state index in [9.17, 15) is 0 Å². The zero-order valence-electron chi connectivity index (χ0n) is 11.5. The molecule has 0 radical (unpaired) electrons. The number of hydrogen-bond acceptors (Lipinski definition) is 3. The van der Waals surface area contributed by atoms with Crippen LogP contribution < -0.4 is 10.6 Å². The Morgan fingerprint density at radius 2 is 1.95 bits per heavy atom. The Morgan fingerprint density at radius 3 is 2.75 bits per heavy atom. The summed E-state index contributed by atoms with van der Waals surface area (Å²) >= 11 is 0. The van der Waals surface area contributed by atoms with Gasteiger partial charge in [0.05, 0.1) is 17.4 Å².